The summed E-state index contributed by atoms with van der Waals surface area (Å²) in [6, 6.07) is 12.7. The smallest absolute Gasteiger partial charge is 0.325 e. The fourth-order valence-electron chi connectivity index (χ4n) is 3.10. The molecule has 0 aliphatic heterocycles. The Bertz CT molecular complexity index is 1030. The van der Waals surface area contributed by atoms with Gasteiger partial charge in [-0.3, -0.25) is 19.3 Å². The summed E-state index contributed by atoms with van der Waals surface area (Å²) in [6.07, 6.45) is 1.55. The molecule has 28 heavy (non-hydrogen) atoms. The van der Waals surface area contributed by atoms with Crippen LogP contribution in [0.25, 0.3) is 10.9 Å². The third-order valence-electron chi connectivity index (χ3n) is 4.36. The minimum absolute atomic E-state index is 0.283. The first-order valence-corrected chi connectivity index (χ1v) is 8.49. The number of hydrogen-bond acceptors (Lipinski definition) is 4. The number of carboxylic acids is 2. The molecule has 8 heteroatoms. The number of aromatic nitrogens is 1. The summed E-state index contributed by atoms with van der Waals surface area (Å²) in [5.74, 6) is -2.57. The molecule has 0 bridgehead atoms. The number of nitrogens with one attached hydrogen (secondary N) is 2. The predicted molar refractivity (Wildman–Crippen MR) is 103 cm³/mol. The Morgan fingerprint density at radius 1 is 1.11 bits per heavy atom. The average molecular weight is 381 g/mol. The number of carbonyl (C=O) groups excluding carboxylic acids is 1. The van der Waals surface area contributed by atoms with Gasteiger partial charge in [-0.1, -0.05) is 18.2 Å². The van der Waals surface area contributed by atoms with Gasteiger partial charge in [-0.05, 0) is 37.4 Å². The van der Waals surface area contributed by atoms with E-state index < -0.39 is 24.5 Å². The van der Waals surface area contributed by atoms with Gasteiger partial charge in [-0.15, -0.1) is 0 Å². The Morgan fingerprint density at radius 2 is 1.82 bits per heavy atom. The minimum atomic E-state index is -1.16. The first-order valence-electron chi connectivity index (χ1n) is 8.49. The lowest BCUT2D eigenvalue weighted by Crippen LogP contribution is -2.34. The van der Waals surface area contributed by atoms with E-state index in [9.17, 15) is 19.5 Å². The van der Waals surface area contributed by atoms with E-state index >= 15 is 0 Å². The number of aliphatic carboxylic acids is 2. The molecule has 1 amide bonds. The van der Waals surface area contributed by atoms with Crippen molar-refractivity contribution in [3.63, 3.8) is 0 Å². The number of H-pyrrole nitrogens is 1. The summed E-state index contributed by atoms with van der Waals surface area (Å²) in [7, 11) is 1.44. The van der Waals surface area contributed by atoms with Crippen LogP contribution in [0.3, 0.4) is 0 Å². The van der Waals surface area contributed by atoms with Crippen LogP contribution in [0.4, 0.5) is 5.69 Å². The molecule has 0 unspecified atom stereocenters. The second-order valence-electron chi connectivity index (χ2n) is 6.37. The zero-order chi connectivity index (χ0) is 20.3. The van der Waals surface area contributed by atoms with Crippen molar-refractivity contribution in [2.75, 3.05) is 18.9 Å². The van der Waals surface area contributed by atoms with Gasteiger partial charge in [0.05, 0.1) is 6.54 Å². The molecule has 0 saturated carbocycles. The van der Waals surface area contributed by atoms with Crippen LogP contribution in [0, 0.1) is 0 Å². The van der Waals surface area contributed by atoms with Crippen LogP contribution in [0.2, 0.25) is 0 Å². The zero-order valence-electron chi connectivity index (χ0n) is 15.0. The molecule has 3 aromatic rings. The van der Waals surface area contributed by atoms with Crippen LogP contribution >= 0.6 is 0 Å². The van der Waals surface area contributed by atoms with Crippen molar-refractivity contribution in [2.45, 2.75) is 6.04 Å². The fourth-order valence-corrected chi connectivity index (χ4v) is 3.10. The van der Waals surface area contributed by atoms with Gasteiger partial charge in [0.15, 0.2) is 0 Å². The Labute approximate surface area is 160 Å². The van der Waals surface area contributed by atoms with Gasteiger partial charge in [0.1, 0.15) is 6.04 Å². The lowest BCUT2D eigenvalue weighted by Gasteiger charge is -2.22. The number of fused-ring (bicyclic) bond motifs is 1. The summed E-state index contributed by atoms with van der Waals surface area (Å²) in [6.45, 7) is -0.423. The zero-order valence-corrected chi connectivity index (χ0v) is 15.0. The van der Waals surface area contributed by atoms with Gasteiger partial charge in [0.2, 0.25) is 0 Å². The second-order valence-corrected chi connectivity index (χ2v) is 6.37. The summed E-state index contributed by atoms with van der Waals surface area (Å²) in [4.78, 5) is 39.4. The van der Waals surface area contributed by atoms with E-state index in [1.165, 1.54) is 11.9 Å². The average Bonchev–Trinajstić information content (AvgIpc) is 3.04. The highest BCUT2D eigenvalue weighted by Crippen LogP contribution is 2.30. The number of anilines is 1. The van der Waals surface area contributed by atoms with E-state index in [0.717, 1.165) is 0 Å². The first kappa shape index (κ1) is 19.1. The molecule has 0 aliphatic carbocycles. The molecule has 2 aromatic carbocycles. The van der Waals surface area contributed by atoms with Crippen molar-refractivity contribution in [1.82, 2.24) is 9.88 Å². The highest BCUT2D eigenvalue weighted by atomic mass is 16.4. The normalized spacial score (nSPS) is 12.1. The number of carbonyl (C=O) groups is 3. The number of aromatic amines is 1. The van der Waals surface area contributed by atoms with Gasteiger partial charge in [0, 0.05) is 33.9 Å². The van der Waals surface area contributed by atoms with Gasteiger partial charge in [0.25, 0.3) is 5.91 Å². The van der Waals surface area contributed by atoms with Gasteiger partial charge in [-0.25, -0.2) is 0 Å². The summed E-state index contributed by atoms with van der Waals surface area (Å²) >= 11 is 0. The van der Waals surface area contributed by atoms with E-state index in [0.29, 0.717) is 27.7 Å². The third kappa shape index (κ3) is 4.02. The predicted octanol–water partition coefficient (Wildman–Crippen LogP) is 2.56. The molecule has 0 spiro atoms. The topological polar surface area (TPSA) is 123 Å². The Balaban J connectivity index is 1.94. The number of carboxylic acid groups (broad SMARTS) is 2. The molecule has 0 aliphatic rings. The number of likely N-dealkylation sites (N-methyl/N-ethyl adjacent to an activating group) is 1. The summed E-state index contributed by atoms with van der Waals surface area (Å²) in [5, 5.41) is 22.0. The van der Waals surface area contributed by atoms with E-state index in [1.807, 2.05) is 6.07 Å². The van der Waals surface area contributed by atoms with Gasteiger partial charge in [-0.2, -0.15) is 0 Å². The highest BCUT2D eigenvalue weighted by Gasteiger charge is 2.28. The molecule has 1 heterocycles. The van der Waals surface area contributed by atoms with Crippen molar-refractivity contribution in [1.29, 1.82) is 0 Å². The summed E-state index contributed by atoms with van der Waals surface area (Å²) < 4.78 is 0. The van der Waals surface area contributed by atoms with Crippen molar-refractivity contribution >= 4 is 34.4 Å². The molecule has 0 fully saturated rings. The molecule has 0 radical (unpaired) electrons. The van der Waals surface area contributed by atoms with E-state index in [2.05, 4.69) is 10.3 Å². The van der Waals surface area contributed by atoms with Crippen LogP contribution in [0.1, 0.15) is 22.0 Å². The van der Waals surface area contributed by atoms with Crippen LogP contribution in [-0.4, -0.2) is 51.5 Å². The maximum absolute atomic E-state index is 12.4. The maximum Gasteiger partial charge on any atom is 0.325 e. The molecular weight excluding hydrogens is 362 g/mol. The van der Waals surface area contributed by atoms with Crippen molar-refractivity contribution in [3.8, 4) is 0 Å². The minimum Gasteiger partial charge on any atom is -0.480 e. The Morgan fingerprint density at radius 3 is 2.46 bits per heavy atom. The second kappa shape index (κ2) is 7.93. The van der Waals surface area contributed by atoms with Crippen LogP contribution in [0.5, 0.6) is 0 Å². The van der Waals surface area contributed by atoms with Crippen molar-refractivity contribution in [2.24, 2.45) is 0 Å². The van der Waals surface area contributed by atoms with Crippen LogP contribution < -0.4 is 5.32 Å². The molecule has 1 atom stereocenters. The molecule has 4 N–H and O–H groups in total. The number of benzene rings is 2. The Kier molecular flexibility index (Phi) is 5.42. The third-order valence-corrected chi connectivity index (χ3v) is 4.36. The van der Waals surface area contributed by atoms with Crippen molar-refractivity contribution < 1.29 is 24.6 Å². The van der Waals surface area contributed by atoms with Crippen LogP contribution in [0.15, 0.2) is 54.7 Å². The highest BCUT2D eigenvalue weighted by molar-refractivity contribution is 6.05. The lowest BCUT2D eigenvalue weighted by atomic mass is 10.0. The van der Waals surface area contributed by atoms with Crippen molar-refractivity contribution in [3.05, 3.63) is 65.9 Å². The van der Waals surface area contributed by atoms with E-state index in [1.54, 1.807) is 48.7 Å². The number of nitrogens with zero attached hydrogens (tertiary/aromatic N) is 1. The SMILES string of the molecule is CN(CC(=O)O)[C@H](C(=O)O)c1c[nH]c2ccc(NC(=O)c3ccccc3)cc12. The van der Waals surface area contributed by atoms with Crippen LogP contribution in [-0.2, 0) is 9.59 Å². The maximum atomic E-state index is 12.4. The number of amides is 1. The van der Waals surface area contributed by atoms with E-state index in [4.69, 9.17) is 5.11 Å². The molecule has 1 aromatic heterocycles. The monoisotopic (exact) mass is 381 g/mol. The summed E-state index contributed by atoms with van der Waals surface area (Å²) in [5.41, 5.74) is 2.11. The largest absolute Gasteiger partial charge is 0.480 e. The quantitative estimate of drug-likeness (QED) is 0.499. The Hall–Kier alpha value is -3.65. The van der Waals surface area contributed by atoms with E-state index in [-0.39, 0.29) is 5.91 Å². The standard InChI is InChI=1S/C20H19N3O5/c1-23(11-17(24)25)18(20(27)28)15-10-21-16-8-7-13(9-14(15)16)22-19(26)12-5-3-2-4-6-12/h2-10,18,21H,11H2,1H3,(H,22,26)(H,24,25)(H,27,28)/t18-/m0/s1. The number of rotatable bonds is 7. The molecule has 8 nitrogen and oxygen atoms in total. The fraction of sp³-hybridized carbons (Fsp3) is 0.150. The molecule has 0 saturated heterocycles. The van der Waals surface area contributed by atoms with Gasteiger partial charge < -0.3 is 20.5 Å². The number of hydrogen-bond donors (Lipinski definition) is 4. The van der Waals surface area contributed by atoms with Gasteiger partial charge >= 0.3 is 11.9 Å². The lowest BCUT2D eigenvalue weighted by molar-refractivity contribution is -0.145. The first-order chi connectivity index (χ1) is 13.4. The molecular formula is C20H19N3O5. The molecule has 3 rings (SSSR count). The molecule has 144 valence electrons.